The van der Waals surface area contributed by atoms with E-state index in [0.717, 1.165) is 43.2 Å². The monoisotopic (exact) mass is 439 g/mol. The maximum atomic E-state index is 13.1. The third-order valence-electron chi connectivity index (χ3n) is 5.85. The molecule has 0 aromatic carbocycles. The molecule has 30 heavy (non-hydrogen) atoms. The molecule has 2 aromatic rings. The number of rotatable bonds is 6. The van der Waals surface area contributed by atoms with E-state index in [4.69, 9.17) is 0 Å². The van der Waals surface area contributed by atoms with Crippen molar-refractivity contribution in [2.75, 3.05) is 38.8 Å². The first-order chi connectivity index (χ1) is 14.6. The SMILES string of the molecule is CN1CCC(F)C1.CNCN(c1c(C=O)cnc2c1ccn2SF)C1CCCCC1. The standard InChI is InChI=1S/C16H21FN4OS.C5H10FN/c1-18-11-20(13-5-3-2-4-6-13)15-12(10-22)9-19-16-14(15)7-8-21(16)23-17;1-7-3-2-5(6)4-7/h7-10,13,18H,2-6,11H2,1H3;5H,2-4H2,1H3. The van der Waals surface area contributed by atoms with Crippen molar-refractivity contribution in [3.05, 3.63) is 24.0 Å². The summed E-state index contributed by atoms with van der Waals surface area (Å²) in [7, 11) is 3.84. The van der Waals surface area contributed by atoms with Gasteiger partial charge in [-0.1, -0.05) is 19.3 Å². The molecule has 1 unspecified atom stereocenters. The largest absolute Gasteiger partial charge is 0.355 e. The van der Waals surface area contributed by atoms with Gasteiger partial charge in [0, 0.05) is 36.9 Å². The van der Waals surface area contributed by atoms with E-state index >= 15 is 0 Å². The van der Waals surface area contributed by atoms with Gasteiger partial charge in [-0.2, -0.15) is 0 Å². The molecular weight excluding hydrogens is 408 g/mol. The number of pyridine rings is 1. The van der Waals surface area contributed by atoms with Crippen molar-refractivity contribution in [2.24, 2.45) is 0 Å². The van der Waals surface area contributed by atoms with Crippen LogP contribution in [0.25, 0.3) is 11.0 Å². The van der Waals surface area contributed by atoms with Gasteiger partial charge in [0.25, 0.3) is 0 Å². The highest BCUT2D eigenvalue weighted by Gasteiger charge is 2.25. The number of hydrogen-bond donors (Lipinski definition) is 1. The zero-order chi connectivity index (χ0) is 21.5. The van der Waals surface area contributed by atoms with E-state index in [2.05, 4.69) is 15.2 Å². The minimum absolute atomic E-state index is 0.119. The summed E-state index contributed by atoms with van der Waals surface area (Å²) in [6.45, 7) is 2.22. The van der Waals surface area contributed by atoms with Crippen molar-refractivity contribution >= 4 is 35.3 Å². The van der Waals surface area contributed by atoms with Crippen LogP contribution in [0.1, 0.15) is 48.9 Å². The number of fused-ring (bicyclic) bond motifs is 1. The number of alkyl halides is 1. The summed E-state index contributed by atoms with van der Waals surface area (Å²) in [4.78, 5) is 20.1. The Kier molecular flexibility index (Phi) is 8.47. The van der Waals surface area contributed by atoms with Gasteiger partial charge in [-0.3, -0.25) is 4.79 Å². The van der Waals surface area contributed by atoms with Crippen molar-refractivity contribution in [1.82, 2.24) is 19.2 Å². The summed E-state index contributed by atoms with van der Waals surface area (Å²) in [5.41, 5.74) is 1.97. The number of nitrogens with zero attached hydrogens (tertiary/aromatic N) is 4. The van der Waals surface area contributed by atoms with Gasteiger partial charge in [0.2, 0.25) is 0 Å². The summed E-state index contributed by atoms with van der Waals surface area (Å²) in [6, 6.07) is 2.23. The molecule has 1 aliphatic heterocycles. The van der Waals surface area contributed by atoms with Crippen LogP contribution in [0, 0.1) is 0 Å². The summed E-state index contributed by atoms with van der Waals surface area (Å²) in [6.07, 6.45) is 10.1. The number of nitrogens with one attached hydrogen (secondary N) is 1. The molecule has 2 aliphatic rings. The molecule has 166 valence electrons. The van der Waals surface area contributed by atoms with Crippen molar-refractivity contribution in [1.29, 1.82) is 0 Å². The molecule has 0 radical (unpaired) electrons. The second-order valence-electron chi connectivity index (χ2n) is 8.05. The van der Waals surface area contributed by atoms with Crippen LogP contribution in [0.5, 0.6) is 0 Å². The van der Waals surface area contributed by atoms with E-state index in [1.165, 1.54) is 23.2 Å². The van der Waals surface area contributed by atoms with Gasteiger partial charge in [-0.05, 0) is 39.4 Å². The lowest BCUT2D eigenvalue weighted by Crippen LogP contribution is -2.42. The Morgan fingerprint density at radius 1 is 1.33 bits per heavy atom. The van der Waals surface area contributed by atoms with Crippen LogP contribution in [0.2, 0.25) is 0 Å². The number of likely N-dealkylation sites (tertiary alicyclic amines) is 1. The highest BCUT2D eigenvalue weighted by atomic mass is 32.2. The summed E-state index contributed by atoms with van der Waals surface area (Å²) < 4.78 is 26.6. The molecule has 0 bridgehead atoms. The van der Waals surface area contributed by atoms with Gasteiger partial charge in [0.15, 0.2) is 24.3 Å². The fourth-order valence-corrected chi connectivity index (χ4v) is 4.68. The van der Waals surface area contributed by atoms with Crippen molar-refractivity contribution in [3.63, 3.8) is 0 Å². The number of halogens is 2. The van der Waals surface area contributed by atoms with E-state index in [1.54, 1.807) is 12.4 Å². The molecule has 9 heteroatoms. The zero-order valence-electron chi connectivity index (χ0n) is 17.7. The van der Waals surface area contributed by atoms with Crippen LogP contribution in [0.4, 0.5) is 14.0 Å². The van der Waals surface area contributed by atoms with Crippen LogP contribution < -0.4 is 10.2 Å². The van der Waals surface area contributed by atoms with Crippen LogP contribution in [-0.2, 0) is 0 Å². The summed E-state index contributed by atoms with van der Waals surface area (Å²) >= 11 is 0.119. The fraction of sp³-hybridized carbons (Fsp3) is 0.619. The van der Waals surface area contributed by atoms with E-state index < -0.39 is 6.17 Å². The molecule has 1 aliphatic carbocycles. The first kappa shape index (κ1) is 23.0. The molecule has 4 rings (SSSR count). The minimum Gasteiger partial charge on any atom is -0.355 e. The Labute approximate surface area is 181 Å². The number of anilines is 1. The Morgan fingerprint density at radius 3 is 2.63 bits per heavy atom. The zero-order valence-corrected chi connectivity index (χ0v) is 18.5. The third kappa shape index (κ3) is 5.31. The predicted octanol–water partition coefficient (Wildman–Crippen LogP) is 4.21. The molecule has 3 heterocycles. The average Bonchev–Trinajstić information content (AvgIpc) is 3.37. The minimum atomic E-state index is -0.551. The maximum Gasteiger partial charge on any atom is 0.171 e. The van der Waals surface area contributed by atoms with Crippen molar-refractivity contribution in [3.8, 4) is 0 Å². The van der Waals surface area contributed by atoms with Crippen molar-refractivity contribution in [2.45, 2.75) is 50.7 Å². The molecule has 0 amide bonds. The first-order valence-electron chi connectivity index (χ1n) is 10.6. The van der Waals surface area contributed by atoms with E-state index in [1.807, 2.05) is 25.1 Å². The smallest absolute Gasteiger partial charge is 0.171 e. The Balaban J connectivity index is 0.000000310. The van der Waals surface area contributed by atoms with Crippen LogP contribution in [0.15, 0.2) is 18.5 Å². The van der Waals surface area contributed by atoms with Gasteiger partial charge in [-0.25, -0.2) is 13.3 Å². The number of aldehydes is 1. The van der Waals surface area contributed by atoms with Gasteiger partial charge in [0.05, 0.1) is 17.9 Å². The lowest BCUT2D eigenvalue weighted by Gasteiger charge is -2.37. The molecule has 2 aromatic heterocycles. The highest BCUT2D eigenvalue weighted by Crippen LogP contribution is 2.35. The van der Waals surface area contributed by atoms with Gasteiger partial charge in [-0.15, -0.1) is 3.89 Å². The summed E-state index contributed by atoms with van der Waals surface area (Å²) in [5, 5.41) is 4.02. The second-order valence-corrected chi connectivity index (χ2v) is 8.58. The molecule has 1 N–H and O–H groups in total. The lowest BCUT2D eigenvalue weighted by atomic mass is 9.93. The highest BCUT2D eigenvalue weighted by molar-refractivity contribution is 7.92. The molecule has 0 spiro atoms. The number of carbonyl (C=O) groups is 1. The summed E-state index contributed by atoms with van der Waals surface area (Å²) in [5.74, 6) is 0. The Bertz CT molecular complexity index is 819. The molecule has 1 saturated heterocycles. The van der Waals surface area contributed by atoms with Gasteiger partial charge < -0.3 is 15.1 Å². The third-order valence-corrected chi connectivity index (χ3v) is 6.29. The molecular formula is C21H31F2N5OS. The maximum absolute atomic E-state index is 13.1. The molecule has 1 saturated carbocycles. The second kappa shape index (κ2) is 11.1. The number of hydrogen-bond acceptors (Lipinski definition) is 6. The fourth-order valence-electron chi connectivity index (χ4n) is 4.36. The van der Waals surface area contributed by atoms with Crippen LogP contribution in [0.3, 0.4) is 0 Å². The van der Waals surface area contributed by atoms with Crippen LogP contribution >= 0.6 is 12.3 Å². The number of aromatic nitrogens is 2. The van der Waals surface area contributed by atoms with Crippen LogP contribution in [-0.4, -0.2) is 66.2 Å². The lowest BCUT2D eigenvalue weighted by molar-refractivity contribution is 0.112. The van der Waals surface area contributed by atoms with Crippen molar-refractivity contribution < 1.29 is 13.1 Å². The van der Waals surface area contributed by atoms with Gasteiger partial charge >= 0.3 is 0 Å². The molecule has 1 atom stereocenters. The Hall–Kier alpha value is -1.71. The topological polar surface area (TPSA) is 53.4 Å². The van der Waals surface area contributed by atoms with E-state index in [0.29, 0.717) is 30.5 Å². The quantitative estimate of drug-likeness (QED) is 0.538. The Morgan fingerprint density at radius 2 is 2.10 bits per heavy atom. The van der Waals surface area contributed by atoms with Gasteiger partial charge in [0.1, 0.15) is 6.17 Å². The molecule has 6 nitrogen and oxygen atoms in total. The average molecular weight is 440 g/mol. The van der Waals surface area contributed by atoms with E-state index in [-0.39, 0.29) is 12.3 Å². The van der Waals surface area contributed by atoms with E-state index in [9.17, 15) is 13.1 Å². The molecule has 2 fully saturated rings. The normalized spacial score (nSPS) is 20.2. The first-order valence-corrected chi connectivity index (χ1v) is 11.2. The number of carbonyl (C=O) groups excluding carboxylic acids is 1. The predicted molar refractivity (Wildman–Crippen MR) is 120 cm³/mol.